The van der Waals surface area contributed by atoms with Gasteiger partial charge in [0.1, 0.15) is 17.7 Å². The quantitative estimate of drug-likeness (QED) is 0.809. The predicted octanol–water partition coefficient (Wildman–Crippen LogP) is 2.04. The van der Waals surface area contributed by atoms with Crippen molar-refractivity contribution < 1.29 is 4.74 Å². The Bertz CT molecular complexity index is 610. The number of rotatable bonds is 6. The molecule has 0 amide bonds. The van der Waals surface area contributed by atoms with Crippen LogP contribution in [0.15, 0.2) is 0 Å². The van der Waals surface area contributed by atoms with Gasteiger partial charge in [0, 0.05) is 13.0 Å². The molecule has 0 fully saturated rings. The molecule has 0 saturated heterocycles. The molecule has 20 heavy (non-hydrogen) atoms. The van der Waals surface area contributed by atoms with E-state index in [9.17, 15) is 5.26 Å². The van der Waals surface area contributed by atoms with Crippen molar-refractivity contribution in [1.29, 1.82) is 5.26 Å². The van der Waals surface area contributed by atoms with Crippen molar-refractivity contribution in [1.82, 2.24) is 25.2 Å². The summed E-state index contributed by atoms with van der Waals surface area (Å²) in [5, 5.41) is 26.7. The Morgan fingerprint density at radius 1 is 1.30 bits per heavy atom. The monoisotopic (exact) mass is 292 g/mol. The van der Waals surface area contributed by atoms with Gasteiger partial charge in [0.05, 0.1) is 5.69 Å². The van der Waals surface area contributed by atoms with Gasteiger partial charge in [-0.2, -0.15) is 9.94 Å². The Labute approximate surface area is 121 Å². The highest BCUT2D eigenvalue weighted by Gasteiger charge is 2.23. The van der Waals surface area contributed by atoms with Crippen molar-refractivity contribution in [3.63, 3.8) is 0 Å². The van der Waals surface area contributed by atoms with Crippen LogP contribution in [-0.4, -0.2) is 32.3 Å². The van der Waals surface area contributed by atoms with Crippen LogP contribution in [-0.2, 0) is 11.3 Å². The molecule has 0 N–H and O–H groups in total. The van der Waals surface area contributed by atoms with Crippen LogP contribution in [0.4, 0.5) is 0 Å². The molecular weight excluding hydrogens is 276 g/mol. The van der Waals surface area contributed by atoms with E-state index in [1.54, 1.807) is 11.8 Å². The second-order valence-corrected chi connectivity index (χ2v) is 5.31. The van der Waals surface area contributed by atoms with Crippen molar-refractivity contribution >= 4 is 11.3 Å². The van der Waals surface area contributed by atoms with E-state index in [0.717, 1.165) is 23.5 Å². The number of ether oxygens (including phenoxy) is 1. The molecule has 106 valence electrons. The molecule has 2 aromatic heterocycles. The van der Waals surface area contributed by atoms with Crippen molar-refractivity contribution in [2.24, 2.45) is 0 Å². The summed E-state index contributed by atoms with van der Waals surface area (Å²) in [5.74, 6) is 0.231. The lowest BCUT2D eigenvalue weighted by atomic mass is 9.98. The minimum absolute atomic E-state index is 0.231. The Hall–Kier alpha value is -1.85. The van der Waals surface area contributed by atoms with E-state index >= 15 is 0 Å². The fourth-order valence-electron chi connectivity index (χ4n) is 2.06. The van der Waals surface area contributed by atoms with E-state index in [1.165, 1.54) is 11.3 Å². The average Bonchev–Trinajstić information content (AvgIpc) is 3.07. The second-order valence-electron chi connectivity index (χ2n) is 4.27. The summed E-state index contributed by atoms with van der Waals surface area (Å²) in [6.45, 7) is 4.59. The lowest BCUT2D eigenvalue weighted by molar-refractivity contribution is 0.184. The smallest absolute Gasteiger partial charge is 0.234 e. The predicted molar refractivity (Wildman–Crippen MR) is 73.6 cm³/mol. The largest absolute Gasteiger partial charge is 0.377 e. The van der Waals surface area contributed by atoms with Crippen LogP contribution in [0.2, 0.25) is 0 Å². The molecule has 7 nitrogen and oxygen atoms in total. The van der Waals surface area contributed by atoms with Crippen LogP contribution in [0.25, 0.3) is 5.13 Å². The molecule has 0 spiro atoms. The normalized spacial score (nSPS) is 10.9. The van der Waals surface area contributed by atoms with Crippen molar-refractivity contribution in [3.05, 3.63) is 16.4 Å². The highest BCUT2D eigenvalue weighted by Crippen LogP contribution is 2.28. The maximum Gasteiger partial charge on any atom is 0.234 e. The highest BCUT2D eigenvalue weighted by molar-refractivity contribution is 7.13. The molecule has 0 bridgehead atoms. The third-order valence-corrected chi connectivity index (χ3v) is 3.96. The van der Waals surface area contributed by atoms with Crippen LogP contribution in [0.3, 0.4) is 0 Å². The molecule has 0 aliphatic heterocycles. The van der Waals surface area contributed by atoms with Gasteiger partial charge >= 0.3 is 0 Å². The lowest BCUT2D eigenvalue weighted by Crippen LogP contribution is -2.08. The van der Waals surface area contributed by atoms with E-state index in [2.05, 4.69) is 40.4 Å². The van der Waals surface area contributed by atoms with Gasteiger partial charge in [0.2, 0.25) is 5.13 Å². The fourth-order valence-corrected chi connectivity index (χ4v) is 2.84. The molecule has 0 saturated carbocycles. The molecule has 0 atom stereocenters. The minimum Gasteiger partial charge on any atom is -0.377 e. The van der Waals surface area contributed by atoms with E-state index in [0.29, 0.717) is 17.4 Å². The molecule has 2 heterocycles. The first-order valence-corrected chi connectivity index (χ1v) is 7.24. The zero-order valence-electron chi connectivity index (χ0n) is 11.7. The topological polar surface area (TPSA) is 89.5 Å². The first-order valence-electron chi connectivity index (χ1n) is 6.42. The number of nitriles is 1. The van der Waals surface area contributed by atoms with Gasteiger partial charge in [-0.05, 0) is 12.8 Å². The first kappa shape index (κ1) is 14.6. The van der Waals surface area contributed by atoms with Gasteiger partial charge in [-0.1, -0.05) is 30.4 Å². The summed E-state index contributed by atoms with van der Waals surface area (Å²) in [7, 11) is 1.61. The third kappa shape index (κ3) is 2.69. The van der Waals surface area contributed by atoms with Gasteiger partial charge in [0.15, 0.2) is 5.69 Å². The molecule has 0 aliphatic rings. The molecule has 2 rings (SSSR count). The number of hydrogen-bond acceptors (Lipinski definition) is 7. The molecule has 0 aromatic carbocycles. The standard InChI is InChI=1S/C12H16N6OS/c1-4-8(5-2)11-9(6-13)14-17-18(11)12-16-15-10(20-12)7-19-3/h8H,4-5,7H2,1-3H3. The summed E-state index contributed by atoms with van der Waals surface area (Å²) in [6.07, 6.45) is 1.84. The van der Waals surface area contributed by atoms with Crippen molar-refractivity contribution in [2.45, 2.75) is 39.2 Å². The minimum atomic E-state index is 0.231. The Balaban J connectivity index is 2.45. The first-order chi connectivity index (χ1) is 9.74. The van der Waals surface area contributed by atoms with Gasteiger partial charge in [-0.15, -0.1) is 15.3 Å². The fraction of sp³-hybridized carbons (Fsp3) is 0.583. The number of hydrogen-bond donors (Lipinski definition) is 0. The highest BCUT2D eigenvalue weighted by atomic mass is 32.1. The Kier molecular flexibility index (Phi) is 4.76. The average molecular weight is 292 g/mol. The number of aromatic nitrogens is 5. The Morgan fingerprint density at radius 2 is 2.05 bits per heavy atom. The zero-order valence-corrected chi connectivity index (χ0v) is 12.5. The van der Waals surface area contributed by atoms with Crippen LogP contribution >= 0.6 is 11.3 Å². The van der Waals surface area contributed by atoms with Crippen LogP contribution in [0, 0.1) is 11.3 Å². The summed E-state index contributed by atoms with van der Waals surface area (Å²) >= 11 is 1.39. The van der Waals surface area contributed by atoms with Gasteiger partial charge in [0.25, 0.3) is 0 Å². The number of nitrogens with zero attached hydrogens (tertiary/aromatic N) is 6. The molecular formula is C12H16N6OS. The molecule has 2 aromatic rings. The van der Waals surface area contributed by atoms with E-state index in [4.69, 9.17) is 4.74 Å². The summed E-state index contributed by atoms with van der Waals surface area (Å²) in [4.78, 5) is 0. The van der Waals surface area contributed by atoms with Gasteiger partial charge in [-0.3, -0.25) is 0 Å². The van der Waals surface area contributed by atoms with Crippen LogP contribution in [0.5, 0.6) is 0 Å². The summed E-state index contributed by atoms with van der Waals surface area (Å²) < 4.78 is 6.67. The second kappa shape index (κ2) is 6.54. The van der Waals surface area contributed by atoms with E-state index < -0.39 is 0 Å². The SMILES string of the molecule is CCC(CC)c1c(C#N)nnn1-c1nnc(COC)s1. The summed E-state index contributed by atoms with van der Waals surface area (Å²) in [5.41, 5.74) is 1.18. The van der Waals surface area contributed by atoms with Crippen LogP contribution < -0.4 is 0 Å². The molecule has 0 unspecified atom stereocenters. The lowest BCUT2D eigenvalue weighted by Gasteiger charge is -2.12. The third-order valence-electron chi connectivity index (χ3n) is 3.09. The Morgan fingerprint density at radius 3 is 2.65 bits per heavy atom. The van der Waals surface area contributed by atoms with Gasteiger partial charge < -0.3 is 4.74 Å². The molecule has 8 heteroatoms. The maximum absolute atomic E-state index is 9.19. The zero-order chi connectivity index (χ0) is 14.5. The number of methoxy groups -OCH3 is 1. The van der Waals surface area contributed by atoms with Crippen molar-refractivity contribution in [2.75, 3.05) is 7.11 Å². The molecule has 0 aliphatic carbocycles. The van der Waals surface area contributed by atoms with Gasteiger partial charge in [-0.25, -0.2) is 0 Å². The van der Waals surface area contributed by atoms with Crippen LogP contribution in [0.1, 0.15) is 49.0 Å². The maximum atomic E-state index is 9.19. The van der Waals surface area contributed by atoms with E-state index in [1.807, 2.05) is 0 Å². The molecule has 0 radical (unpaired) electrons. The van der Waals surface area contributed by atoms with E-state index in [-0.39, 0.29) is 5.92 Å². The van der Waals surface area contributed by atoms with Crippen molar-refractivity contribution in [3.8, 4) is 11.2 Å². The summed E-state index contributed by atoms with van der Waals surface area (Å²) in [6, 6.07) is 2.10.